The molecule has 1 aliphatic carbocycles. The summed E-state index contributed by atoms with van der Waals surface area (Å²) in [6.45, 7) is 7.54. The summed E-state index contributed by atoms with van der Waals surface area (Å²) in [7, 11) is 0. The van der Waals surface area contributed by atoms with Gasteiger partial charge in [-0.3, -0.25) is 0 Å². The maximum Gasteiger partial charge on any atom is 0.0464 e. The van der Waals surface area contributed by atoms with Gasteiger partial charge in [-0.1, -0.05) is 43.5 Å². The maximum absolute atomic E-state index is 3.87. The molecule has 0 unspecified atom stereocenters. The lowest BCUT2D eigenvalue weighted by Crippen LogP contribution is -2.25. The highest BCUT2D eigenvalue weighted by Crippen LogP contribution is 2.06. The van der Waals surface area contributed by atoms with Gasteiger partial charge in [0, 0.05) is 21.8 Å². The number of rotatable bonds is 3. The van der Waals surface area contributed by atoms with Gasteiger partial charge in [-0.15, -0.1) is 0 Å². The monoisotopic (exact) mass is 197 g/mol. The predicted octanol–water partition coefficient (Wildman–Crippen LogP) is 2.21. The molecule has 0 spiro atoms. The molecule has 2 rings (SSSR count). The molecule has 1 N–H and O–H groups in total. The van der Waals surface area contributed by atoms with Crippen LogP contribution in [-0.4, -0.2) is 4.98 Å². The number of nitrogens with one attached hydrogen (secondary N) is 1. The van der Waals surface area contributed by atoms with E-state index in [9.17, 15) is 0 Å². The van der Waals surface area contributed by atoms with Gasteiger partial charge in [-0.25, -0.2) is 0 Å². The second-order valence-electron chi connectivity index (χ2n) is 3.56. The second-order valence-corrected chi connectivity index (χ2v) is 3.56. The number of allylic oxidation sites excluding steroid dienone is 2. The van der Waals surface area contributed by atoms with Crippen molar-refractivity contribution in [2.24, 2.45) is 0 Å². The van der Waals surface area contributed by atoms with Gasteiger partial charge in [0.05, 0.1) is 0 Å². The van der Waals surface area contributed by atoms with E-state index in [0.717, 1.165) is 18.5 Å². The minimum Gasteiger partial charge on any atom is -0.355 e. The zero-order valence-corrected chi connectivity index (χ0v) is 8.79. The molecule has 1 heteroatoms. The van der Waals surface area contributed by atoms with Crippen molar-refractivity contribution in [1.29, 1.82) is 0 Å². The van der Waals surface area contributed by atoms with Crippen LogP contribution >= 0.6 is 0 Å². The molecule has 1 aliphatic rings. The summed E-state index contributed by atoms with van der Waals surface area (Å²) in [6.07, 6.45) is 14.4. The van der Waals surface area contributed by atoms with Crippen molar-refractivity contribution in [3.05, 3.63) is 47.1 Å². The van der Waals surface area contributed by atoms with Crippen molar-refractivity contribution in [1.82, 2.24) is 4.98 Å². The number of aromatic amines is 1. The molecule has 0 saturated carbocycles. The third-order valence-corrected chi connectivity index (χ3v) is 2.61. The highest BCUT2D eigenvalue weighted by Gasteiger charge is 2.04. The van der Waals surface area contributed by atoms with Gasteiger partial charge in [0.2, 0.25) is 0 Å². The number of aromatic nitrogens is 1. The highest BCUT2D eigenvalue weighted by atomic mass is 14.7. The van der Waals surface area contributed by atoms with E-state index in [1.807, 2.05) is 18.2 Å². The van der Waals surface area contributed by atoms with Crippen LogP contribution in [0.4, 0.5) is 0 Å². The Morgan fingerprint density at radius 1 is 1.20 bits per heavy atom. The Labute approximate surface area is 89.8 Å². The van der Waals surface area contributed by atoms with Crippen LogP contribution < -0.4 is 10.6 Å². The molecule has 1 aromatic heterocycles. The van der Waals surface area contributed by atoms with Crippen LogP contribution in [0.2, 0.25) is 0 Å². The molecule has 0 fully saturated rings. The third-order valence-electron chi connectivity index (χ3n) is 2.61. The van der Waals surface area contributed by atoms with Crippen molar-refractivity contribution in [2.75, 3.05) is 0 Å². The van der Waals surface area contributed by atoms with Crippen LogP contribution in [0.25, 0.3) is 24.3 Å². The average Bonchev–Trinajstić information content (AvgIpc) is 2.63. The molecule has 0 atom stereocenters. The van der Waals surface area contributed by atoms with E-state index in [-0.39, 0.29) is 0 Å². The molecule has 0 radical (unpaired) electrons. The fourth-order valence-corrected chi connectivity index (χ4v) is 1.92. The second kappa shape index (κ2) is 4.18. The van der Waals surface area contributed by atoms with Gasteiger partial charge in [0.1, 0.15) is 0 Å². The van der Waals surface area contributed by atoms with Crippen LogP contribution in [0, 0.1) is 0 Å². The zero-order chi connectivity index (χ0) is 10.7. The molecule has 0 bridgehead atoms. The quantitative estimate of drug-likeness (QED) is 0.715. The van der Waals surface area contributed by atoms with Gasteiger partial charge in [-0.05, 0) is 18.9 Å². The summed E-state index contributed by atoms with van der Waals surface area (Å²) in [5.41, 5.74) is 2.31. The first-order valence-corrected chi connectivity index (χ1v) is 5.20. The molecule has 0 aromatic carbocycles. The van der Waals surface area contributed by atoms with E-state index in [2.05, 4.69) is 30.3 Å². The SMILES string of the molecule is C=C/C=C\c1[nH]c2c(c1C=C)=CCCC=2. The first-order valence-electron chi connectivity index (χ1n) is 5.20. The molecule has 1 nitrogen and oxygen atoms in total. The topological polar surface area (TPSA) is 15.8 Å². The Morgan fingerprint density at radius 2 is 2.00 bits per heavy atom. The number of hydrogen-bond acceptors (Lipinski definition) is 0. The van der Waals surface area contributed by atoms with Gasteiger partial charge < -0.3 is 4.98 Å². The van der Waals surface area contributed by atoms with Crippen molar-refractivity contribution in [2.45, 2.75) is 12.8 Å². The Kier molecular flexibility index (Phi) is 2.72. The van der Waals surface area contributed by atoms with Crippen LogP contribution in [0.3, 0.4) is 0 Å². The van der Waals surface area contributed by atoms with Crippen LogP contribution in [0.5, 0.6) is 0 Å². The third kappa shape index (κ3) is 1.73. The smallest absolute Gasteiger partial charge is 0.0464 e. The summed E-state index contributed by atoms with van der Waals surface area (Å²) < 4.78 is 0. The molecule has 1 aromatic rings. The van der Waals surface area contributed by atoms with Crippen molar-refractivity contribution in [3.8, 4) is 0 Å². The fourth-order valence-electron chi connectivity index (χ4n) is 1.92. The molecule has 76 valence electrons. The zero-order valence-electron chi connectivity index (χ0n) is 8.79. The lowest BCUT2D eigenvalue weighted by molar-refractivity contribution is 1.10. The Balaban J connectivity index is 2.67. The van der Waals surface area contributed by atoms with E-state index in [0.29, 0.717) is 0 Å². The maximum atomic E-state index is 3.87. The van der Waals surface area contributed by atoms with Crippen LogP contribution in [0.15, 0.2) is 25.3 Å². The summed E-state index contributed by atoms with van der Waals surface area (Å²) in [5, 5.41) is 2.51. The predicted molar refractivity (Wildman–Crippen MR) is 67.5 cm³/mol. The largest absolute Gasteiger partial charge is 0.355 e. The van der Waals surface area contributed by atoms with E-state index < -0.39 is 0 Å². The van der Waals surface area contributed by atoms with E-state index in [1.165, 1.54) is 16.1 Å². The molecule has 15 heavy (non-hydrogen) atoms. The molecule has 1 heterocycles. The van der Waals surface area contributed by atoms with Gasteiger partial charge in [0.15, 0.2) is 0 Å². The number of H-pyrrole nitrogens is 1. The molecular weight excluding hydrogens is 182 g/mol. The molecular formula is C14H15N. The lowest BCUT2D eigenvalue weighted by Gasteiger charge is -1.94. The van der Waals surface area contributed by atoms with Gasteiger partial charge in [-0.2, -0.15) is 0 Å². The normalized spacial score (nSPS) is 14.1. The molecule has 0 aliphatic heterocycles. The van der Waals surface area contributed by atoms with Crippen molar-refractivity contribution < 1.29 is 0 Å². The lowest BCUT2D eigenvalue weighted by atomic mass is 10.1. The first kappa shape index (κ1) is 9.78. The summed E-state index contributed by atoms with van der Waals surface area (Å²) in [5.74, 6) is 0. The summed E-state index contributed by atoms with van der Waals surface area (Å²) in [4.78, 5) is 3.40. The highest BCUT2D eigenvalue weighted by molar-refractivity contribution is 5.65. The Bertz CT molecular complexity index is 526. The van der Waals surface area contributed by atoms with E-state index >= 15 is 0 Å². The minimum atomic E-state index is 1.12. The van der Waals surface area contributed by atoms with Crippen molar-refractivity contribution >= 4 is 24.3 Å². The first-order chi connectivity index (χ1) is 7.36. The van der Waals surface area contributed by atoms with Gasteiger partial charge in [0.25, 0.3) is 0 Å². The minimum absolute atomic E-state index is 1.12. The summed E-state index contributed by atoms with van der Waals surface area (Å²) in [6, 6.07) is 0. The van der Waals surface area contributed by atoms with Crippen LogP contribution in [0.1, 0.15) is 24.1 Å². The number of hydrogen-bond donors (Lipinski definition) is 1. The van der Waals surface area contributed by atoms with E-state index in [1.54, 1.807) is 6.08 Å². The molecule has 0 saturated heterocycles. The average molecular weight is 197 g/mol. The molecule has 0 amide bonds. The Hall–Kier alpha value is -1.76. The standard InChI is InChI=1S/C14H15N/c1-3-5-9-13-11(4-2)12-8-6-7-10-14(12)15-13/h3-5,8-10,15H,1-2,6-7H2/b9-5-. The van der Waals surface area contributed by atoms with E-state index in [4.69, 9.17) is 0 Å². The Morgan fingerprint density at radius 3 is 2.73 bits per heavy atom. The summed E-state index contributed by atoms with van der Waals surface area (Å²) >= 11 is 0. The fraction of sp³-hybridized carbons (Fsp3) is 0.143. The van der Waals surface area contributed by atoms with Crippen molar-refractivity contribution in [3.63, 3.8) is 0 Å². The van der Waals surface area contributed by atoms with Crippen LogP contribution in [-0.2, 0) is 0 Å². The number of fused-ring (bicyclic) bond motifs is 1. The van der Waals surface area contributed by atoms with Gasteiger partial charge >= 0.3 is 0 Å².